The molecule has 6 aromatic rings. The zero-order chi connectivity index (χ0) is 27.5. The third-order valence-electron chi connectivity index (χ3n) is 7.45. The Bertz CT molecular complexity index is 1790. The zero-order valence-electron chi connectivity index (χ0n) is 23.6. The van der Waals surface area contributed by atoms with Gasteiger partial charge in [0.15, 0.2) is 12.7 Å². The molecule has 0 atom stereocenters. The van der Waals surface area contributed by atoms with Gasteiger partial charge in [0, 0.05) is 43.5 Å². The van der Waals surface area contributed by atoms with E-state index in [1.54, 1.807) is 0 Å². The number of aromatic nitrogens is 2. The molecule has 7 rings (SSSR count). The standard InChI is InChI=1S/C20H18N.C18H14N.Ir/c1-14-7-10-20-19-11-16(18-6-4-3-5-15(18)2)8-9-17(19)13-21(20)12-14;1-14-10-11-18(19-13-14)17-9-5-8-16(12-17)15-6-3-2-4-7-15;/h3-12H,13H2,1-2H3;2-8,10-13H,1H3;/q+1;-1;. The maximum Gasteiger partial charge on any atom is 0.213 e. The second-order valence-electron chi connectivity index (χ2n) is 10.5. The minimum Gasteiger partial charge on any atom is -0.304 e. The summed E-state index contributed by atoms with van der Waals surface area (Å²) in [6.07, 6.45) is 4.13. The number of fused-ring (bicyclic) bond motifs is 3. The first-order valence-electron chi connectivity index (χ1n) is 13.7. The molecule has 1 aliphatic rings. The van der Waals surface area contributed by atoms with E-state index in [4.69, 9.17) is 0 Å². The Morgan fingerprint density at radius 1 is 0.659 bits per heavy atom. The summed E-state index contributed by atoms with van der Waals surface area (Å²) in [5, 5.41) is 0. The van der Waals surface area contributed by atoms with E-state index in [0.717, 1.165) is 17.8 Å². The van der Waals surface area contributed by atoms with Crippen molar-refractivity contribution in [2.24, 2.45) is 0 Å². The minimum absolute atomic E-state index is 0. The van der Waals surface area contributed by atoms with Crippen LogP contribution in [0.3, 0.4) is 0 Å². The van der Waals surface area contributed by atoms with E-state index in [9.17, 15) is 0 Å². The average Bonchev–Trinajstić information content (AvgIpc) is 3.35. The molecule has 0 unspecified atom stereocenters. The molecule has 0 bridgehead atoms. The molecule has 0 spiro atoms. The van der Waals surface area contributed by atoms with Crippen LogP contribution < -0.4 is 4.57 Å². The van der Waals surface area contributed by atoms with E-state index in [1.165, 1.54) is 55.8 Å². The van der Waals surface area contributed by atoms with Crippen molar-refractivity contribution in [3.8, 4) is 44.8 Å². The number of hydrogen-bond acceptors (Lipinski definition) is 1. The van der Waals surface area contributed by atoms with E-state index in [-0.39, 0.29) is 20.1 Å². The van der Waals surface area contributed by atoms with Crippen LogP contribution in [-0.2, 0) is 26.7 Å². The van der Waals surface area contributed by atoms with Gasteiger partial charge >= 0.3 is 0 Å². The van der Waals surface area contributed by atoms with Crippen LogP contribution in [0.5, 0.6) is 0 Å². The first-order valence-corrected chi connectivity index (χ1v) is 13.7. The van der Waals surface area contributed by atoms with Crippen molar-refractivity contribution >= 4 is 0 Å². The number of pyridine rings is 2. The van der Waals surface area contributed by atoms with Crippen molar-refractivity contribution in [1.29, 1.82) is 0 Å². The Morgan fingerprint density at radius 2 is 1.44 bits per heavy atom. The summed E-state index contributed by atoms with van der Waals surface area (Å²) in [6, 6.07) is 43.8. The number of nitrogens with zero attached hydrogens (tertiary/aromatic N) is 2. The molecule has 2 aromatic heterocycles. The Kier molecular flexibility index (Phi) is 8.69. The Morgan fingerprint density at radius 3 is 2.22 bits per heavy atom. The molecule has 0 fully saturated rings. The fraction of sp³-hybridized carbons (Fsp3) is 0.105. The first-order chi connectivity index (χ1) is 19.5. The molecule has 3 heterocycles. The third kappa shape index (κ3) is 6.28. The molecule has 2 nitrogen and oxygen atoms in total. The maximum absolute atomic E-state index is 4.45. The summed E-state index contributed by atoms with van der Waals surface area (Å²) in [5.41, 5.74) is 14.9. The van der Waals surface area contributed by atoms with Crippen LogP contribution >= 0.6 is 0 Å². The molecule has 0 N–H and O–H groups in total. The van der Waals surface area contributed by atoms with Crippen molar-refractivity contribution in [2.75, 3.05) is 0 Å². The maximum atomic E-state index is 4.45. The Hall–Kier alpha value is -4.17. The van der Waals surface area contributed by atoms with Crippen LogP contribution in [0.2, 0.25) is 0 Å². The number of rotatable bonds is 3. The molecular formula is C38H32IrN2. The van der Waals surface area contributed by atoms with Crippen LogP contribution in [0.1, 0.15) is 22.3 Å². The van der Waals surface area contributed by atoms with Gasteiger partial charge < -0.3 is 4.98 Å². The molecule has 0 amide bonds. The average molecular weight is 709 g/mol. The topological polar surface area (TPSA) is 16.8 Å². The van der Waals surface area contributed by atoms with Crippen LogP contribution in [0.15, 0.2) is 128 Å². The van der Waals surface area contributed by atoms with Crippen LogP contribution in [0.25, 0.3) is 44.8 Å². The molecule has 1 aliphatic heterocycles. The van der Waals surface area contributed by atoms with E-state index in [0.29, 0.717) is 0 Å². The van der Waals surface area contributed by atoms with Crippen molar-refractivity contribution in [1.82, 2.24) is 4.98 Å². The van der Waals surface area contributed by atoms with Gasteiger partial charge in [0.25, 0.3) is 0 Å². The molecular weight excluding hydrogens is 677 g/mol. The van der Waals surface area contributed by atoms with Gasteiger partial charge in [0.1, 0.15) is 0 Å². The van der Waals surface area contributed by atoms with Gasteiger partial charge in [-0.1, -0.05) is 78.9 Å². The van der Waals surface area contributed by atoms with Crippen LogP contribution in [0, 0.1) is 26.8 Å². The minimum atomic E-state index is 0. The summed E-state index contributed by atoms with van der Waals surface area (Å²) >= 11 is 0. The van der Waals surface area contributed by atoms with E-state index in [2.05, 4.69) is 133 Å². The molecule has 1 radical (unpaired) electrons. The summed E-state index contributed by atoms with van der Waals surface area (Å²) in [6.45, 7) is 7.35. The molecule has 203 valence electrons. The SMILES string of the molecule is Cc1ccc(-c2[c-]ccc(-c3ccccc3)c2)nc1.Cc1ccc2[n+](c1)Cc1ccc(-c3ccccc3C)cc1-2.[Ir]. The van der Waals surface area contributed by atoms with Crippen LogP contribution in [0.4, 0.5) is 0 Å². The molecule has 0 saturated carbocycles. The van der Waals surface area contributed by atoms with Crippen molar-refractivity contribution in [3.05, 3.63) is 156 Å². The Labute approximate surface area is 256 Å². The van der Waals surface area contributed by atoms with Gasteiger partial charge in [-0.05, 0) is 66.4 Å². The molecule has 3 heteroatoms. The van der Waals surface area contributed by atoms with Crippen molar-refractivity contribution < 1.29 is 24.7 Å². The predicted molar refractivity (Wildman–Crippen MR) is 165 cm³/mol. The normalized spacial score (nSPS) is 11.0. The number of benzene rings is 4. The number of aryl methyl sites for hydroxylation is 3. The van der Waals surface area contributed by atoms with Crippen molar-refractivity contribution in [3.63, 3.8) is 0 Å². The smallest absolute Gasteiger partial charge is 0.213 e. The van der Waals surface area contributed by atoms with Gasteiger partial charge in [-0.25, -0.2) is 0 Å². The zero-order valence-corrected chi connectivity index (χ0v) is 26.0. The molecule has 0 aliphatic carbocycles. The van der Waals surface area contributed by atoms with E-state index >= 15 is 0 Å². The Balaban J connectivity index is 0.000000162. The van der Waals surface area contributed by atoms with E-state index in [1.807, 2.05) is 31.3 Å². The van der Waals surface area contributed by atoms with Gasteiger partial charge in [-0.3, -0.25) is 0 Å². The van der Waals surface area contributed by atoms with Gasteiger partial charge in [-0.15, -0.1) is 35.4 Å². The quantitative estimate of drug-likeness (QED) is 0.133. The summed E-state index contributed by atoms with van der Waals surface area (Å²) in [7, 11) is 0. The third-order valence-corrected chi connectivity index (χ3v) is 7.45. The first kappa shape index (κ1) is 28.4. The molecule has 0 saturated heterocycles. The summed E-state index contributed by atoms with van der Waals surface area (Å²) < 4.78 is 2.35. The van der Waals surface area contributed by atoms with Crippen LogP contribution in [-0.4, -0.2) is 4.98 Å². The van der Waals surface area contributed by atoms with Gasteiger partial charge in [0.05, 0.1) is 5.56 Å². The largest absolute Gasteiger partial charge is 0.304 e. The monoisotopic (exact) mass is 709 g/mol. The van der Waals surface area contributed by atoms with Gasteiger partial charge in [0.2, 0.25) is 5.69 Å². The fourth-order valence-corrected chi connectivity index (χ4v) is 5.29. The predicted octanol–water partition coefficient (Wildman–Crippen LogP) is 8.81. The fourth-order valence-electron chi connectivity index (χ4n) is 5.29. The summed E-state index contributed by atoms with van der Waals surface area (Å²) in [5.74, 6) is 0. The summed E-state index contributed by atoms with van der Waals surface area (Å²) in [4.78, 5) is 4.45. The second-order valence-corrected chi connectivity index (χ2v) is 10.5. The van der Waals surface area contributed by atoms with Crippen molar-refractivity contribution in [2.45, 2.75) is 27.3 Å². The van der Waals surface area contributed by atoms with Gasteiger partial charge in [-0.2, -0.15) is 4.57 Å². The molecule has 41 heavy (non-hydrogen) atoms. The second kappa shape index (κ2) is 12.6. The molecule has 4 aromatic carbocycles. The van der Waals surface area contributed by atoms with E-state index < -0.39 is 0 Å². The number of hydrogen-bond donors (Lipinski definition) is 0.